The Balaban J connectivity index is 1.79. The van der Waals surface area contributed by atoms with Gasteiger partial charge in [-0.15, -0.1) is 0 Å². The van der Waals surface area contributed by atoms with Crippen LogP contribution in [0.1, 0.15) is 24.0 Å². The molecule has 0 radical (unpaired) electrons. The highest BCUT2D eigenvalue weighted by molar-refractivity contribution is 5.94. The first kappa shape index (κ1) is 18.1. The van der Waals surface area contributed by atoms with Gasteiger partial charge < -0.3 is 29.1 Å². The Morgan fingerprint density at radius 2 is 1.97 bits per heavy atom. The molecule has 2 N–H and O–H groups in total. The summed E-state index contributed by atoms with van der Waals surface area (Å²) in [6.07, 6.45) is 0. The van der Waals surface area contributed by atoms with Crippen LogP contribution in [0.15, 0.2) is 63.1 Å². The quantitative estimate of drug-likeness (QED) is 0.521. The topological polar surface area (TPSA) is 110 Å². The van der Waals surface area contributed by atoms with Crippen LogP contribution in [0.25, 0.3) is 11.0 Å². The normalized spacial score (nSPS) is 16.9. The Bertz CT molecular complexity index is 1270. The summed E-state index contributed by atoms with van der Waals surface area (Å²) in [4.78, 5) is 25.8. The van der Waals surface area contributed by atoms with E-state index in [2.05, 4.69) is 0 Å². The largest absolute Gasteiger partial charge is 0.462 e. The Labute approximate surface area is 170 Å². The highest BCUT2D eigenvalue weighted by Gasteiger charge is 2.39. The first-order valence-electron chi connectivity index (χ1n) is 9.38. The molecule has 0 amide bonds. The molecule has 2 aliphatic rings. The summed E-state index contributed by atoms with van der Waals surface area (Å²) in [6.45, 7) is 1.92. The lowest BCUT2D eigenvalue weighted by Gasteiger charge is -2.28. The molecule has 2 aromatic carbocycles. The van der Waals surface area contributed by atoms with Crippen molar-refractivity contribution in [3.05, 3.63) is 75.5 Å². The number of hydrogen-bond donors (Lipinski definition) is 1. The SMILES string of the molecule is CCOC(=O)C1=C(N)Oc2c(c(=O)oc3ccccc23)C1c1ccc2c(c1)OCO2. The number of nitrogens with two attached hydrogens (primary N) is 1. The zero-order valence-electron chi connectivity index (χ0n) is 16.0. The Morgan fingerprint density at radius 1 is 1.17 bits per heavy atom. The zero-order valence-corrected chi connectivity index (χ0v) is 16.0. The summed E-state index contributed by atoms with van der Waals surface area (Å²) >= 11 is 0. The minimum absolute atomic E-state index is 0.0331. The van der Waals surface area contributed by atoms with E-state index in [1.54, 1.807) is 49.4 Å². The minimum Gasteiger partial charge on any atom is -0.462 e. The van der Waals surface area contributed by atoms with Crippen LogP contribution in [0.3, 0.4) is 0 Å². The second-order valence-corrected chi connectivity index (χ2v) is 6.77. The van der Waals surface area contributed by atoms with Gasteiger partial charge >= 0.3 is 11.6 Å². The van der Waals surface area contributed by atoms with E-state index in [9.17, 15) is 9.59 Å². The molecule has 1 atom stereocenters. The second kappa shape index (κ2) is 6.84. The van der Waals surface area contributed by atoms with Crippen molar-refractivity contribution in [1.29, 1.82) is 0 Å². The molecule has 0 fully saturated rings. The van der Waals surface area contributed by atoms with Crippen molar-refractivity contribution in [1.82, 2.24) is 0 Å². The molecule has 8 nitrogen and oxygen atoms in total. The third kappa shape index (κ3) is 2.68. The molecule has 30 heavy (non-hydrogen) atoms. The molecule has 3 aromatic rings. The molecular weight excluding hydrogens is 390 g/mol. The fraction of sp³-hybridized carbons (Fsp3) is 0.182. The zero-order chi connectivity index (χ0) is 20.8. The van der Waals surface area contributed by atoms with E-state index in [0.717, 1.165) is 0 Å². The van der Waals surface area contributed by atoms with Crippen LogP contribution in [0.4, 0.5) is 0 Å². The number of esters is 1. The fourth-order valence-corrected chi connectivity index (χ4v) is 3.80. The summed E-state index contributed by atoms with van der Waals surface area (Å²) in [7, 11) is 0. The standard InChI is InChI=1S/C22H17NO7/c1-2-26-21(24)18-16(11-7-8-14-15(9-11)28-10-27-14)17-19(30-20(18)23)12-5-3-4-6-13(12)29-22(17)25/h3-9,16H,2,10,23H2,1H3. The number of para-hydroxylation sites is 1. The van der Waals surface area contributed by atoms with Gasteiger partial charge in [0.05, 0.1) is 23.5 Å². The van der Waals surface area contributed by atoms with Crippen LogP contribution >= 0.6 is 0 Å². The summed E-state index contributed by atoms with van der Waals surface area (Å²) in [6, 6.07) is 12.1. The smallest absolute Gasteiger partial charge is 0.344 e. The minimum atomic E-state index is -0.858. The van der Waals surface area contributed by atoms with Gasteiger partial charge in [-0.1, -0.05) is 18.2 Å². The van der Waals surface area contributed by atoms with Gasteiger partial charge in [0.25, 0.3) is 0 Å². The maximum atomic E-state index is 13.0. The van der Waals surface area contributed by atoms with Gasteiger partial charge in [-0.3, -0.25) is 0 Å². The summed E-state index contributed by atoms with van der Waals surface area (Å²) in [5, 5.41) is 0.573. The van der Waals surface area contributed by atoms with Crippen LogP contribution in [-0.4, -0.2) is 19.4 Å². The highest BCUT2D eigenvalue weighted by atomic mass is 16.7. The lowest BCUT2D eigenvalue weighted by Crippen LogP contribution is -2.31. The maximum absolute atomic E-state index is 13.0. The number of carbonyl (C=O) groups is 1. The molecule has 1 unspecified atom stereocenters. The average molecular weight is 407 g/mol. The molecule has 0 saturated heterocycles. The average Bonchev–Trinajstić information content (AvgIpc) is 3.21. The Kier molecular flexibility index (Phi) is 4.13. The second-order valence-electron chi connectivity index (χ2n) is 6.77. The highest BCUT2D eigenvalue weighted by Crippen LogP contribution is 2.46. The van der Waals surface area contributed by atoms with Crippen molar-refractivity contribution in [3.63, 3.8) is 0 Å². The van der Waals surface area contributed by atoms with E-state index < -0.39 is 17.5 Å². The van der Waals surface area contributed by atoms with Crippen LogP contribution < -0.4 is 25.6 Å². The van der Waals surface area contributed by atoms with Crippen LogP contribution in [-0.2, 0) is 9.53 Å². The molecule has 152 valence electrons. The summed E-state index contributed by atoms with van der Waals surface area (Å²) < 4.78 is 27.3. The van der Waals surface area contributed by atoms with E-state index >= 15 is 0 Å². The van der Waals surface area contributed by atoms with Crippen molar-refractivity contribution in [3.8, 4) is 17.2 Å². The molecule has 0 aliphatic carbocycles. The van der Waals surface area contributed by atoms with E-state index in [-0.39, 0.29) is 36.2 Å². The number of carbonyl (C=O) groups excluding carboxylic acids is 1. The van der Waals surface area contributed by atoms with Crippen LogP contribution in [0, 0.1) is 0 Å². The Hall–Kier alpha value is -3.94. The fourth-order valence-electron chi connectivity index (χ4n) is 3.80. The summed E-state index contributed by atoms with van der Waals surface area (Å²) in [5.41, 5.74) is 6.71. The van der Waals surface area contributed by atoms with Crippen molar-refractivity contribution < 1.29 is 28.2 Å². The van der Waals surface area contributed by atoms with Gasteiger partial charge in [0.1, 0.15) is 11.2 Å². The lowest BCUT2D eigenvalue weighted by molar-refractivity contribution is -0.139. The number of rotatable bonds is 3. The summed E-state index contributed by atoms with van der Waals surface area (Å²) in [5.74, 6) is -0.313. The van der Waals surface area contributed by atoms with E-state index in [1.807, 2.05) is 0 Å². The molecule has 0 bridgehead atoms. The lowest BCUT2D eigenvalue weighted by atomic mass is 9.83. The molecule has 5 rings (SSSR count). The monoisotopic (exact) mass is 407 g/mol. The van der Waals surface area contributed by atoms with Crippen LogP contribution in [0.2, 0.25) is 0 Å². The van der Waals surface area contributed by atoms with E-state index in [0.29, 0.717) is 28.0 Å². The first-order valence-corrected chi connectivity index (χ1v) is 9.38. The van der Waals surface area contributed by atoms with Gasteiger partial charge in [0.2, 0.25) is 12.7 Å². The molecule has 3 heterocycles. The van der Waals surface area contributed by atoms with Crippen molar-refractivity contribution in [2.75, 3.05) is 13.4 Å². The van der Waals surface area contributed by atoms with Crippen molar-refractivity contribution in [2.24, 2.45) is 5.73 Å². The van der Waals surface area contributed by atoms with Gasteiger partial charge in [-0.2, -0.15) is 0 Å². The first-order chi connectivity index (χ1) is 14.6. The van der Waals surface area contributed by atoms with Crippen molar-refractivity contribution in [2.45, 2.75) is 12.8 Å². The number of fused-ring (bicyclic) bond motifs is 4. The van der Waals surface area contributed by atoms with Crippen LogP contribution in [0.5, 0.6) is 17.2 Å². The van der Waals surface area contributed by atoms with Gasteiger partial charge in [-0.25, -0.2) is 9.59 Å². The molecule has 0 spiro atoms. The molecule has 1 aromatic heterocycles. The molecule has 2 aliphatic heterocycles. The van der Waals surface area contributed by atoms with Crippen molar-refractivity contribution >= 4 is 16.9 Å². The van der Waals surface area contributed by atoms with E-state index in [1.165, 1.54) is 0 Å². The maximum Gasteiger partial charge on any atom is 0.344 e. The van der Waals surface area contributed by atoms with Gasteiger partial charge in [0, 0.05) is 0 Å². The number of benzene rings is 2. The predicted molar refractivity (Wildman–Crippen MR) is 105 cm³/mol. The van der Waals surface area contributed by atoms with Gasteiger partial charge in [-0.05, 0) is 36.8 Å². The van der Waals surface area contributed by atoms with E-state index in [4.69, 9.17) is 29.1 Å². The third-order valence-electron chi connectivity index (χ3n) is 5.08. The third-order valence-corrected chi connectivity index (χ3v) is 5.08. The number of ether oxygens (including phenoxy) is 4. The van der Waals surface area contributed by atoms with Gasteiger partial charge in [0.15, 0.2) is 17.2 Å². The molecule has 8 heteroatoms. The Morgan fingerprint density at radius 3 is 2.80 bits per heavy atom. The molecule has 0 saturated carbocycles. The number of hydrogen-bond acceptors (Lipinski definition) is 8. The molecular formula is C22H17NO7. The predicted octanol–water partition coefficient (Wildman–Crippen LogP) is 2.78.